The summed E-state index contributed by atoms with van der Waals surface area (Å²) >= 11 is 1.65. The highest BCUT2D eigenvalue weighted by molar-refractivity contribution is 7.99. The third-order valence-electron chi connectivity index (χ3n) is 3.61. The molecule has 0 amide bonds. The zero-order valence-corrected chi connectivity index (χ0v) is 16.3. The number of thioether (sulfide) groups is 1. The summed E-state index contributed by atoms with van der Waals surface area (Å²) in [5.41, 5.74) is 8.06. The molecule has 3 rings (SSSR count). The number of carbonyl (C=O) groups is 1. The number of benzene rings is 1. The maximum atomic E-state index is 9.00. The van der Waals surface area contributed by atoms with Gasteiger partial charge in [-0.25, -0.2) is 0 Å². The zero-order valence-electron chi connectivity index (χ0n) is 15.5. The van der Waals surface area contributed by atoms with E-state index in [0.717, 1.165) is 41.7 Å². The largest absolute Gasteiger partial charge is 0.481 e. The van der Waals surface area contributed by atoms with E-state index in [-0.39, 0.29) is 0 Å². The van der Waals surface area contributed by atoms with Crippen LogP contribution in [0.1, 0.15) is 24.1 Å². The molecule has 144 valence electrons. The van der Waals surface area contributed by atoms with Crippen molar-refractivity contribution in [3.63, 3.8) is 0 Å². The summed E-state index contributed by atoms with van der Waals surface area (Å²) in [6.45, 7) is 6.28. The fraction of sp³-hybridized carbons (Fsp3) is 0.353. The molecule has 1 aromatic carbocycles. The Balaban J connectivity index is 0.000000596. The maximum absolute atomic E-state index is 9.00. The van der Waals surface area contributed by atoms with Crippen LogP contribution in [0.25, 0.3) is 5.69 Å². The minimum Gasteiger partial charge on any atom is -0.481 e. The number of aliphatic carboxylic acids is 1. The van der Waals surface area contributed by atoms with Gasteiger partial charge in [0.25, 0.3) is 5.97 Å². The van der Waals surface area contributed by atoms with E-state index in [9.17, 15) is 0 Å². The number of rotatable bonds is 6. The summed E-state index contributed by atoms with van der Waals surface area (Å²) in [5, 5.41) is 24.7. The Morgan fingerprint density at radius 3 is 2.52 bits per heavy atom. The van der Waals surface area contributed by atoms with Gasteiger partial charge in [0.1, 0.15) is 12.2 Å². The van der Waals surface area contributed by atoms with E-state index < -0.39 is 5.97 Å². The molecular formula is C17H23N7O2S. The predicted octanol–water partition coefficient (Wildman–Crippen LogP) is 1.82. The van der Waals surface area contributed by atoms with Gasteiger partial charge >= 0.3 is 0 Å². The quantitative estimate of drug-likeness (QED) is 0.612. The first-order valence-corrected chi connectivity index (χ1v) is 9.29. The lowest BCUT2D eigenvalue weighted by Crippen LogP contribution is -2.09. The molecule has 0 radical (unpaired) electrons. The fourth-order valence-electron chi connectivity index (χ4n) is 2.35. The van der Waals surface area contributed by atoms with Crippen LogP contribution >= 0.6 is 11.8 Å². The molecule has 0 atom stereocenters. The normalized spacial score (nSPS) is 10.4. The van der Waals surface area contributed by atoms with E-state index in [4.69, 9.17) is 15.6 Å². The molecule has 0 aliphatic rings. The molecule has 0 saturated heterocycles. The summed E-state index contributed by atoms with van der Waals surface area (Å²) in [4.78, 5) is 9.00. The molecule has 0 saturated carbocycles. The topological polar surface area (TPSA) is 125 Å². The molecule has 0 aliphatic carbocycles. The Labute approximate surface area is 161 Å². The lowest BCUT2D eigenvalue weighted by Gasteiger charge is -2.12. The van der Waals surface area contributed by atoms with Crippen LogP contribution in [0.2, 0.25) is 0 Å². The van der Waals surface area contributed by atoms with Gasteiger partial charge in [-0.2, -0.15) is 0 Å². The Hall–Kier alpha value is -2.72. The highest BCUT2D eigenvalue weighted by atomic mass is 32.2. The number of hydrogen-bond acceptors (Lipinski definition) is 7. The third kappa shape index (κ3) is 5.63. The van der Waals surface area contributed by atoms with Crippen molar-refractivity contribution in [2.45, 2.75) is 39.0 Å². The standard InChI is InChI=1S/C15H19N7S.C2H4O2/c1-11-5-3-4-6-13(11)22-14(9-16)19-20-15(22)23-8-7-21-10-17-18-12(21)2;1-2(3)4/h3-6,10H,7-9,16H2,1-2H3;1H3,(H,3,4). The number of nitrogens with zero attached hydrogens (tertiary/aromatic N) is 6. The van der Waals surface area contributed by atoms with Crippen molar-refractivity contribution < 1.29 is 9.90 Å². The predicted molar refractivity (Wildman–Crippen MR) is 103 cm³/mol. The lowest BCUT2D eigenvalue weighted by molar-refractivity contribution is -0.134. The molecule has 0 bridgehead atoms. The summed E-state index contributed by atoms with van der Waals surface area (Å²) in [6.07, 6.45) is 1.74. The van der Waals surface area contributed by atoms with Gasteiger partial charge < -0.3 is 15.4 Å². The van der Waals surface area contributed by atoms with Crippen molar-refractivity contribution in [3.8, 4) is 5.69 Å². The monoisotopic (exact) mass is 389 g/mol. The minimum absolute atomic E-state index is 0.354. The Kier molecular flexibility index (Phi) is 7.50. The van der Waals surface area contributed by atoms with Crippen LogP contribution in [-0.2, 0) is 17.9 Å². The van der Waals surface area contributed by atoms with Crippen molar-refractivity contribution in [2.24, 2.45) is 5.73 Å². The summed E-state index contributed by atoms with van der Waals surface area (Å²) in [6, 6.07) is 8.17. The first kappa shape index (κ1) is 20.6. The molecule has 2 aromatic heterocycles. The first-order valence-electron chi connectivity index (χ1n) is 8.31. The number of hydrogen-bond donors (Lipinski definition) is 2. The van der Waals surface area contributed by atoms with Gasteiger partial charge in [0.05, 0.1) is 12.2 Å². The average Bonchev–Trinajstić information content (AvgIpc) is 3.21. The molecule has 9 nitrogen and oxygen atoms in total. The van der Waals surface area contributed by atoms with E-state index in [1.54, 1.807) is 18.1 Å². The van der Waals surface area contributed by atoms with E-state index in [2.05, 4.69) is 39.5 Å². The molecule has 3 N–H and O–H groups in total. The molecule has 0 fully saturated rings. The Morgan fingerprint density at radius 1 is 1.22 bits per heavy atom. The fourth-order valence-corrected chi connectivity index (χ4v) is 3.25. The van der Waals surface area contributed by atoms with Crippen LogP contribution in [0.4, 0.5) is 0 Å². The van der Waals surface area contributed by atoms with Crippen molar-refractivity contribution in [1.29, 1.82) is 0 Å². The first-order chi connectivity index (χ1) is 12.9. The molecule has 0 unspecified atom stereocenters. The molecular weight excluding hydrogens is 366 g/mol. The van der Waals surface area contributed by atoms with Crippen molar-refractivity contribution in [2.75, 3.05) is 5.75 Å². The van der Waals surface area contributed by atoms with Crippen LogP contribution in [-0.4, -0.2) is 46.4 Å². The van der Waals surface area contributed by atoms with Crippen LogP contribution < -0.4 is 5.73 Å². The van der Waals surface area contributed by atoms with Crippen molar-refractivity contribution >= 4 is 17.7 Å². The number of nitrogens with two attached hydrogens (primary N) is 1. The minimum atomic E-state index is -0.833. The highest BCUT2D eigenvalue weighted by Crippen LogP contribution is 2.24. The van der Waals surface area contributed by atoms with Crippen LogP contribution in [0.15, 0.2) is 35.7 Å². The summed E-state index contributed by atoms with van der Waals surface area (Å²) in [5.74, 6) is 1.70. The number of carboxylic acid groups (broad SMARTS) is 1. The third-order valence-corrected chi connectivity index (χ3v) is 4.52. The lowest BCUT2D eigenvalue weighted by atomic mass is 10.2. The van der Waals surface area contributed by atoms with Gasteiger partial charge in [0.2, 0.25) is 0 Å². The van der Waals surface area contributed by atoms with Gasteiger partial charge in [-0.05, 0) is 25.5 Å². The average molecular weight is 389 g/mol. The van der Waals surface area contributed by atoms with Crippen LogP contribution in [0.5, 0.6) is 0 Å². The number of aryl methyl sites for hydroxylation is 3. The molecule has 27 heavy (non-hydrogen) atoms. The van der Waals surface area contributed by atoms with Crippen molar-refractivity contribution in [1.82, 2.24) is 29.5 Å². The molecule has 10 heteroatoms. The molecule has 0 spiro atoms. The second-order valence-electron chi connectivity index (χ2n) is 5.66. The highest BCUT2D eigenvalue weighted by Gasteiger charge is 2.14. The van der Waals surface area contributed by atoms with E-state index in [1.807, 2.05) is 28.2 Å². The number of para-hydroxylation sites is 1. The van der Waals surface area contributed by atoms with E-state index in [1.165, 1.54) is 5.56 Å². The Bertz CT molecular complexity index is 887. The van der Waals surface area contributed by atoms with Crippen LogP contribution in [0.3, 0.4) is 0 Å². The van der Waals surface area contributed by atoms with Crippen molar-refractivity contribution in [3.05, 3.63) is 47.8 Å². The second-order valence-corrected chi connectivity index (χ2v) is 6.73. The van der Waals surface area contributed by atoms with Gasteiger partial charge in [-0.15, -0.1) is 20.4 Å². The summed E-state index contributed by atoms with van der Waals surface area (Å²) < 4.78 is 4.06. The van der Waals surface area contributed by atoms with Gasteiger partial charge in [0.15, 0.2) is 11.0 Å². The van der Waals surface area contributed by atoms with Gasteiger partial charge in [-0.3, -0.25) is 9.36 Å². The maximum Gasteiger partial charge on any atom is 0.300 e. The number of carboxylic acids is 1. The van der Waals surface area contributed by atoms with Gasteiger partial charge in [-0.1, -0.05) is 30.0 Å². The van der Waals surface area contributed by atoms with E-state index >= 15 is 0 Å². The number of aromatic nitrogens is 6. The molecule has 0 aliphatic heterocycles. The van der Waals surface area contributed by atoms with Crippen LogP contribution in [0, 0.1) is 13.8 Å². The van der Waals surface area contributed by atoms with E-state index in [0.29, 0.717) is 6.54 Å². The Morgan fingerprint density at radius 2 is 1.93 bits per heavy atom. The SMILES string of the molecule is CC(=O)O.Cc1ccccc1-n1c(CN)nnc1SCCn1cnnc1C. The molecule has 3 aromatic rings. The smallest absolute Gasteiger partial charge is 0.300 e. The molecule has 2 heterocycles. The van der Waals surface area contributed by atoms with Gasteiger partial charge in [0, 0.05) is 19.2 Å². The summed E-state index contributed by atoms with van der Waals surface area (Å²) in [7, 11) is 0. The zero-order chi connectivity index (χ0) is 19.8. The second kappa shape index (κ2) is 9.83.